The van der Waals surface area contributed by atoms with Crippen LogP contribution >= 0.6 is 11.3 Å². The largest absolute Gasteiger partial charge is 0.507 e. The van der Waals surface area contributed by atoms with E-state index in [2.05, 4.69) is 0 Å². The summed E-state index contributed by atoms with van der Waals surface area (Å²) in [5, 5.41) is 22.3. The first kappa shape index (κ1) is 23.1. The molecule has 0 saturated carbocycles. The molecule has 1 unspecified atom stereocenters. The fourth-order valence-electron chi connectivity index (χ4n) is 3.89. The van der Waals surface area contributed by atoms with Gasteiger partial charge in [-0.2, -0.15) is 5.26 Å². The standard InChI is InChI=1S/C26H22N2O5S/c1-3-32-18-11-12-19(20(14-18)33-4-2)24(29)22-23(21-6-5-13-34-21)28(26(31)25(22)30)17-9-7-16(15-27)8-10-17/h5-14,23,29H,3-4H2,1-2H3/b24-22-. The van der Waals surface area contributed by atoms with Gasteiger partial charge in [0.2, 0.25) is 0 Å². The van der Waals surface area contributed by atoms with Crippen molar-refractivity contribution in [1.29, 1.82) is 5.26 Å². The molecule has 8 heteroatoms. The van der Waals surface area contributed by atoms with Crippen molar-refractivity contribution < 1.29 is 24.2 Å². The Balaban J connectivity index is 1.89. The molecule has 2 heterocycles. The fraction of sp³-hybridized carbons (Fsp3) is 0.192. The van der Waals surface area contributed by atoms with Crippen LogP contribution in [-0.2, 0) is 9.59 Å². The normalized spacial score (nSPS) is 17.0. The predicted molar refractivity (Wildman–Crippen MR) is 129 cm³/mol. The molecule has 1 aromatic heterocycles. The lowest BCUT2D eigenvalue weighted by molar-refractivity contribution is -0.132. The Morgan fingerprint density at radius 3 is 2.44 bits per heavy atom. The van der Waals surface area contributed by atoms with Gasteiger partial charge in [-0.15, -0.1) is 11.3 Å². The number of nitrogens with zero attached hydrogens (tertiary/aromatic N) is 2. The molecule has 1 aliphatic heterocycles. The van der Waals surface area contributed by atoms with Gasteiger partial charge in [0.05, 0.1) is 36.0 Å². The summed E-state index contributed by atoms with van der Waals surface area (Å²) in [5.74, 6) is -0.958. The van der Waals surface area contributed by atoms with Crippen LogP contribution in [-0.4, -0.2) is 30.0 Å². The maximum absolute atomic E-state index is 13.2. The monoisotopic (exact) mass is 474 g/mol. The van der Waals surface area contributed by atoms with Gasteiger partial charge in [0.15, 0.2) is 0 Å². The first-order valence-electron chi connectivity index (χ1n) is 10.7. The summed E-state index contributed by atoms with van der Waals surface area (Å²) >= 11 is 1.38. The van der Waals surface area contributed by atoms with Gasteiger partial charge in [0.25, 0.3) is 11.7 Å². The second-order valence-corrected chi connectivity index (χ2v) is 8.35. The van der Waals surface area contributed by atoms with Crippen molar-refractivity contribution in [2.75, 3.05) is 18.1 Å². The minimum atomic E-state index is -0.825. The third kappa shape index (κ3) is 4.14. The van der Waals surface area contributed by atoms with Crippen molar-refractivity contribution in [3.05, 3.63) is 81.6 Å². The van der Waals surface area contributed by atoms with Crippen molar-refractivity contribution in [2.24, 2.45) is 0 Å². The Kier molecular flexibility index (Phi) is 6.66. The quantitative estimate of drug-likeness (QED) is 0.292. The average Bonchev–Trinajstić information content (AvgIpc) is 3.46. The molecule has 2 aromatic carbocycles. The van der Waals surface area contributed by atoms with E-state index in [-0.39, 0.29) is 11.3 Å². The highest BCUT2D eigenvalue weighted by molar-refractivity contribution is 7.10. The Bertz CT molecular complexity index is 1290. The van der Waals surface area contributed by atoms with Crippen LogP contribution < -0.4 is 14.4 Å². The highest BCUT2D eigenvalue weighted by atomic mass is 32.1. The first-order chi connectivity index (χ1) is 16.5. The van der Waals surface area contributed by atoms with Crippen LogP contribution in [0.2, 0.25) is 0 Å². The van der Waals surface area contributed by atoms with Crippen molar-refractivity contribution >= 4 is 34.5 Å². The lowest BCUT2D eigenvalue weighted by Crippen LogP contribution is -2.29. The molecule has 0 spiro atoms. The third-order valence-electron chi connectivity index (χ3n) is 5.35. The zero-order valence-corrected chi connectivity index (χ0v) is 19.5. The van der Waals surface area contributed by atoms with Crippen LogP contribution in [0.4, 0.5) is 5.69 Å². The summed E-state index contributed by atoms with van der Waals surface area (Å²) in [4.78, 5) is 28.5. The van der Waals surface area contributed by atoms with E-state index in [1.165, 1.54) is 16.2 Å². The van der Waals surface area contributed by atoms with Crippen LogP contribution in [0.5, 0.6) is 11.5 Å². The molecule has 3 aromatic rings. The van der Waals surface area contributed by atoms with E-state index in [9.17, 15) is 14.7 Å². The summed E-state index contributed by atoms with van der Waals surface area (Å²) in [6.45, 7) is 4.47. The molecule has 7 nitrogen and oxygen atoms in total. The van der Waals surface area contributed by atoms with E-state index in [1.54, 1.807) is 42.5 Å². The van der Waals surface area contributed by atoms with Crippen LogP contribution in [0.25, 0.3) is 5.76 Å². The molecule has 172 valence electrons. The number of anilines is 1. The minimum Gasteiger partial charge on any atom is -0.507 e. The predicted octanol–water partition coefficient (Wildman–Crippen LogP) is 5.04. The van der Waals surface area contributed by atoms with Crippen molar-refractivity contribution in [3.8, 4) is 17.6 Å². The topological polar surface area (TPSA) is 99.9 Å². The number of hydrogen-bond acceptors (Lipinski definition) is 7. The van der Waals surface area contributed by atoms with Gasteiger partial charge in [-0.05, 0) is 61.7 Å². The fourth-order valence-corrected chi connectivity index (χ4v) is 4.71. The number of aliphatic hydroxyl groups excluding tert-OH is 1. The summed E-state index contributed by atoms with van der Waals surface area (Å²) in [7, 11) is 0. The number of ketones is 1. The highest BCUT2D eigenvalue weighted by Gasteiger charge is 2.47. The Hall–Kier alpha value is -4.09. The average molecular weight is 475 g/mol. The molecule has 34 heavy (non-hydrogen) atoms. The van der Waals surface area contributed by atoms with Crippen LogP contribution in [0.1, 0.15) is 35.9 Å². The Morgan fingerprint density at radius 2 is 1.82 bits per heavy atom. The molecule has 1 saturated heterocycles. The van der Waals surface area contributed by atoms with E-state index in [0.717, 1.165) is 0 Å². The zero-order valence-electron chi connectivity index (χ0n) is 18.6. The van der Waals surface area contributed by atoms with Crippen LogP contribution in [0, 0.1) is 11.3 Å². The van der Waals surface area contributed by atoms with E-state index >= 15 is 0 Å². The van der Waals surface area contributed by atoms with Gasteiger partial charge in [-0.1, -0.05) is 6.07 Å². The van der Waals surface area contributed by atoms with E-state index in [1.807, 2.05) is 37.4 Å². The lowest BCUT2D eigenvalue weighted by Gasteiger charge is -2.24. The van der Waals surface area contributed by atoms with Gasteiger partial charge in [-0.3, -0.25) is 14.5 Å². The highest BCUT2D eigenvalue weighted by Crippen LogP contribution is 2.44. The van der Waals surface area contributed by atoms with Crippen molar-refractivity contribution in [1.82, 2.24) is 0 Å². The number of benzene rings is 2. The maximum atomic E-state index is 13.2. The van der Waals surface area contributed by atoms with Gasteiger partial charge in [0.1, 0.15) is 23.3 Å². The first-order valence-corrected chi connectivity index (χ1v) is 11.6. The third-order valence-corrected chi connectivity index (χ3v) is 6.28. The second-order valence-electron chi connectivity index (χ2n) is 7.37. The maximum Gasteiger partial charge on any atom is 0.300 e. The zero-order chi connectivity index (χ0) is 24.2. The lowest BCUT2D eigenvalue weighted by atomic mass is 9.99. The molecule has 0 radical (unpaired) electrons. The van der Waals surface area contributed by atoms with Gasteiger partial charge in [0, 0.05) is 16.6 Å². The summed E-state index contributed by atoms with van der Waals surface area (Å²) in [5.41, 5.74) is 1.16. The molecule has 0 aliphatic carbocycles. The number of amides is 1. The van der Waals surface area contributed by atoms with Crippen molar-refractivity contribution in [2.45, 2.75) is 19.9 Å². The molecule has 1 N–H and O–H groups in total. The molecule has 0 bridgehead atoms. The molecule has 1 atom stereocenters. The second kappa shape index (κ2) is 9.81. The molecule has 4 rings (SSSR count). The van der Waals surface area contributed by atoms with Crippen molar-refractivity contribution in [3.63, 3.8) is 0 Å². The molecular weight excluding hydrogens is 452 g/mol. The SMILES string of the molecule is CCOc1ccc(/C(O)=C2/C(=O)C(=O)N(c3ccc(C#N)cc3)C2c2cccs2)c(OCC)c1. The summed E-state index contributed by atoms with van der Waals surface area (Å²) < 4.78 is 11.3. The van der Waals surface area contributed by atoms with Gasteiger partial charge in [-0.25, -0.2) is 0 Å². The molecule has 1 amide bonds. The minimum absolute atomic E-state index is 0.0260. The van der Waals surface area contributed by atoms with Gasteiger partial charge < -0.3 is 14.6 Å². The number of hydrogen-bond donors (Lipinski definition) is 1. The number of carbonyl (C=O) groups is 2. The summed E-state index contributed by atoms with van der Waals surface area (Å²) in [6, 6.07) is 16.2. The smallest absolute Gasteiger partial charge is 0.300 e. The van der Waals surface area contributed by atoms with E-state index in [0.29, 0.717) is 46.4 Å². The Morgan fingerprint density at radius 1 is 1.09 bits per heavy atom. The van der Waals surface area contributed by atoms with Gasteiger partial charge >= 0.3 is 0 Å². The molecule has 1 fully saturated rings. The number of nitriles is 1. The number of aliphatic hydroxyl groups is 1. The van der Waals surface area contributed by atoms with Crippen LogP contribution in [0.15, 0.2) is 65.6 Å². The van der Waals surface area contributed by atoms with E-state index < -0.39 is 17.7 Å². The molecule has 1 aliphatic rings. The summed E-state index contributed by atoms with van der Waals surface area (Å²) in [6.07, 6.45) is 0. The van der Waals surface area contributed by atoms with E-state index in [4.69, 9.17) is 14.7 Å². The van der Waals surface area contributed by atoms with Crippen LogP contribution in [0.3, 0.4) is 0 Å². The Labute approximate surface area is 201 Å². The number of carbonyl (C=O) groups excluding carboxylic acids is 2. The number of rotatable bonds is 7. The number of ether oxygens (including phenoxy) is 2. The number of Topliss-reactive ketones (excluding diaryl/α,β-unsaturated/α-hetero) is 1. The molecular formula is C26H22N2O5S. The number of thiophene rings is 1.